The molecule has 0 saturated carbocycles. The molecule has 1 saturated heterocycles. The molecule has 2 atom stereocenters. The van der Waals surface area contributed by atoms with Gasteiger partial charge in [-0.1, -0.05) is 11.8 Å². The van der Waals surface area contributed by atoms with Crippen molar-refractivity contribution in [2.45, 2.75) is 50.0 Å². The molecule has 1 amide bonds. The highest BCUT2D eigenvalue weighted by molar-refractivity contribution is 8.00. The maximum atomic E-state index is 12.2. The van der Waals surface area contributed by atoms with Gasteiger partial charge in [-0.2, -0.15) is 4.98 Å². The van der Waals surface area contributed by atoms with E-state index < -0.39 is 10.9 Å². The molecule has 0 aliphatic carbocycles. The number of ether oxygens (including phenoxy) is 1. The quantitative estimate of drug-likeness (QED) is 0.456. The number of amides is 1. The van der Waals surface area contributed by atoms with Crippen LogP contribution in [0.15, 0.2) is 9.82 Å². The molecule has 2 N–H and O–H groups in total. The minimum atomic E-state index is -0.526. The Morgan fingerprint density at radius 1 is 1.52 bits per heavy atom. The number of ketones is 1. The Labute approximate surface area is 138 Å². The highest BCUT2D eigenvalue weighted by Crippen LogP contribution is 2.25. The minimum Gasteiger partial charge on any atom is -0.376 e. The van der Waals surface area contributed by atoms with Crippen LogP contribution in [0.5, 0.6) is 0 Å². The highest BCUT2D eigenvalue weighted by Gasteiger charge is 2.22. The third kappa shape index (κ3) is 4.65. The Hall–Kier alpha value is -1.67. The molecular weight excluding hydrogens is 318 g/mol. The van der Waals surface area contributed by atoms with Crippen molar-refractivity contribution in [1.82, 2.24) is 15.3 Å². The van der Waals surface area contributed by atoms with Crippen molar-refractivity contribution >= 4 is 23.5 Å². The Kier molecular flexibility index (Phi) is 5.95. The van der Waals surface area contributed by atoms with Crippen LogP contribution in [-0.2, 0) is 9.53 Å². The number of hydrogen-bond donors (Lipinski definition) is 2. The van der Waals surface area contributed by atoms with E-state index in [-0.39, 0.29) is 17.8 Å². The second-order valence-electron chi connectivity index (χ2n) is 5.54. The summed E-state index contributed by atoms with van der Waals surface area (Å²) >= 11 is 1.11. The number of H-pyrrole nitrogens is 1. The lowest BCUT2D eigenvalue weighted by molar-refractivity contribution is -0.120. The van der Waals surface area contributed by atoms with E-state index in [1.54, 1.807) is 13.8 Å². The van der Waals surface area contributed by atoms with Crippen LogP contribution < -0.4 is 11.0 Å². The maximum absolute atomic E-state index is 12.2. The number of aromatic nitrogens is 2. The summed E-state index contributed by atoms with van der Waals surface area (Å²) in [6, 6.07) is 0. The average molecular weight is 339 g/mol. The normalized spacial score (nSPS) is 18.7. The average Bonchev–Trinajstić information content (AvgIpc) is 2.96. The lowest BCUT2D eigenvalue weighted by Crippen LogP contribution is -2.36. The summed E-state index contributed by atoms with van der Waals surface area (Å²) in [7, 11) is 0. The fourth-order valence-corrected chi connectivity index (χ4v) is 3.52. The van der Waals surface area contributed by atoms with E-state index in [4.69, 9.17) is 4.74 Å². The molecular formula is C15H21N3O4S. The minimum absolute atomic E-state index is 0.0730. The zero-order chi connectivity index (χ0) is 17.0. The smallest absolute Gasteiger partial charge is 0.346 e. The van der Waals surface area contributed by atoms with E-state index in [1.807, 2.05) is 0 Å². The number of hydrogen-bond acceptors (Lipinski definition) is 6. The summed E-state index contributed by atoms with van der Waals surface area (Å²) in [5, 5.41) is 2.66. The number of carbonyl (C=O) groups excluding carboxylic acids is 2. The Balaban J connectivity index is 2.04. The molecule has 23 heavy (non-hydrogen) atoms. The zero-order valence-corrected chi connectivity index (χ0v) is 14.3. The third-order valence-corrected chi connectivity index (χ3v) is 4.71. The molecule has 0 aromatic carbocycles. The van der Waals surface area contributed by atoms with Crippen LogP contribution in [0, 0.1) is 6.92 Å². The first kappa shape index (κ1) is 17.7. The van der Waals surface area contributed by atoms with Gasteiger partial charge in [-0.05, 0) is 33.6 Å². The summed E-state index contributed by atoms with van der Waals surface area (Å²) in [5.74, 6) is -0.361. The summed E-state index contributed by atoms with van der Waals surface area (Å²) in [5.41, 5.74) is 0.294. The third-order valence-electron chi connectivity index (χ3n) is 3.62. The zero-order valence-electron chi connectivity index (χ0n) is 13.5. The largest absolute Gasteiger partial charge is 0.376 e. The van der Waals surface area contributed by atoms with E-state index in [2.05, 4.69) is 15.3 Å². The van der Waals surface area contributed by atoms with Gasteiger partial charge in [0.2, 0.25) is 5.91 Å². The summed E-state index contributed by atoms with van der Waals surface area (Å²) in [6.07, 6.45) is 2.04. The van der Waals surface area contributed by atoms with Gasteiger partial charge in [0.1, 0.15) is 5.03 Å². The number of Topliss-reactive ketones (excluding diaryl/α,β-unsaturated/α-hetero) is 1. The van der Waals surface area contributed by atoms with Crippen molar-refractivity contribution in [1.29, 1.82) is 0 Å². The van der Waals surface area contributed by atoms with E-state index in [0.29, 0.717) is 22.8 Å². The van der Waals surface area contributed by atoms with Gasteiger partial charge >= 0.3 is 5.69 Å². The van der Waals surface area contributed by atoms with Crippen LogP contribution in [0.25, 0.3) is 0 Å². The van der Waals surface area contributed by atoms with Crippen LogP contribution in [0.2, 0.25) is 0 Å². The predicted molar refractivity (Wildman–Crippen MR) is 86.9 cm³/mol. The van der Waals surface area contributed by atoms with E-state index in [9.17, 15) is 14.4 Å². The predicted octanol–water partition coefficient (Wildman–Crippen LogP) is 1.06. The summed E-state index contributed by atoms with van der Waals surface area (Å²) in [4.78, 5) is 41.8. The molecule has 1 aliphatic rings. The number of thioether (sulfide) groups is 1. The Bertz CT molecular complexity index is 653. The van der Waals surface area contributed by atoms with Gasteiger partial charge < -0.3 is 15.0 Å². The lowest BCUT2D eigenvalue weighted by Gasteiger charge is -2.15. The molecule has 2 unspecified atom stereocenters. The summed E-state index contributed by atoms with van der Waals surface area (Å²) in [6.45, 7) is 5.99. The van der Waals surface area contributed by atoms with Crippen molar-refractivity contribution in [2.24, 2.45) is 0 Å². The van der Waals surface area contributed by atoms with Gasteiger partial charge in [-0.3, -0.25) is 9.59 Å². The van der Waals surface area contributed by atoms with Gasteiger partial charge in [0, 0.05) is 18.8 Å². The molecule has 8 heteroatoms. The number of nitrogens with zero attached hydrogens (tertiary/aromatic N) is 1. The van der Waals surface area contributed by atoms with Gasteiger partial charge in [-0.25, -0.2) is 4.79 Å². The van der Waals surface area contributed by atoms with Crippen molar-refractivity contribution in [3.8, 4) is 0 Å². The second-order valence-corrected chi connectivity index (χ2v) is 6.87. The van der Waals surface area contributed by atoms with E-state index in [0.717, 1.165) is 31.2 Å². The maximum Gasteiger partial charge on any atom is 0.346 e. The topological polar surface area (TPSA) is 101 Å². The number of aromatic amines is 1. The molecule has 2 heterocycles. The molecule has 2 rings (SSSR count). The monoisotopic (exact) mass is 339 g/mol. The van der Waals surface area contributed by atoms with Crippen LogP contribution in [0.3, 0.4) is 0 Å². The lowest BCUT2D eigenvalue weighted by atomic mass is 10.2. The number of nitrogens with one attached hydrogen (secondary N) is 2. The standard InChI is InChI=1S/C15H21N3O4S/c1-8-12(9(2)19)14(18-15(21)17-8)23-10(3)13(20)16-7-11-5-4-6-22-11/h10-11H,4-7H2,1-3H3,(H,16,20)(H,17,18,21). The van der Waals surface area contributed by atoms with Crippen molar-refractivity contribution in [3.05, 3.63) is 21.7 Å². The van der Waals surface area contributed by atoms with Crippen LogP contribution in [0.4, 0.5) is 0 Å². The Morgan fingerprint density at radius 2 is 2.26 bits per heavy atom. The molecule has 1 aromatic rings. The molecule has 1 aliphatic heterocycles. The van der Waals surface area contributed by atoms with E-state index >= 15 is 0 Å². The second kappa shape index (κ2) is 7.74. The first-order chi connectivity index (χ1) is 10.9. The first-order valence-corrected chi connectivity index (χ1v) is 8.44. The molecule has 1 fully saturated rings. The van der Waals surface area contributed by atoms with Gasteiger partial charge in [-0.15, -0.1) is 0 Å². The van der Waals surface area contributed by atoms with E-state index in [1.165, 1.54) is 6.92 Å². The summed E-state index contributed by atoms with van der Waals surface area (Å²) < 4.78 is 5.46. The van der Waals surface area contributed by atoms with Gasteiger partial charge in [0.25, 0.3) is 0 Å². The number of carbonyl (C=O) groups is 2. The van der Waals surface area contributed by atoms with Crippen LogP contribution >= 0.6 is 11.8 Å². The van der Waals surface area contributed by atoms with Crippen LogP contribution in [-0.4, -0.2) is 46.2 Å². The number of aryl methyl sites for hydroxylation is 1. The molecule has 0 radical (unpaired) electrons. The van der Waals surface area contributed by atoms with Crippen LogP contribution in [0.1, 0.15) is 42.7 Å². The fourth-order valence-electron chi connectivity index (χ4n) is 2.44. The number of rotatable bonds is 6. The first-order valence-electron chi connectivity index (χ1n) is 7.56. The van der Waals surface area contributed by atoms with Gasteiger partial charge in [0.05, 0.1) is 16.9 Å². The molecule has 1 aromatic heterocycles. The molecule has 7 nitrogen and oxygen atoms in total. The van der Waals surface area contributed by atoms with Crippen molar-refractivity contribution in [3.63, 3.8) is 0 Å². The SMILES string of the molecule is CC(=O)c1c(SC(C)C(=O)NCC2CCCO2)nc(=O)[nH]c1C. The molecule has 126 valence electrons. The highest BCUT2D eigenvalue weighted by atomic mass is 32.2. The Morgan fingerprint density at radius 3 is 2.87 bits per heavy atom. The van der Waals surface area contributed by atoms with Crippen molar-refractivity contribution in [2.75, 3.05) is 13.2 Å². The van der Waals surface area contributed by atoms with Gasteiger partial charge in [0.15, 0.2) is 5.78 Å². The molecule has 0 bridgehead atoms. The fraction of sp³-hybridized carbons (Fsp3) is 0.600. The van der Waals surface area contributed by atoms with Crippen molar-refractivity contribution < 1.29 is 14.3 Å². The molecule has 0 spiro atoms.